The lowest BCUT2D eigenvalue weighted by atomic mass is 9.98. The summed E-state index contributed by atoms with van der Waals surface area (Å²) in [6.45, 7) is 5.44. The Bertz CT molecular complexity index is 180. The molecular formula is C12H24N2O. The van der Waals surface area contributed by atoms with Crippen molar-refractivity contribution in [3.63, 3.8) is 0 Å². The Morgan fingerprint density at radius 3 is 2.87 bits per heavy atom. The van der Waals surface area contributed by atoms with E-state index in [-0.39, 0.29) is 0 Å². The minimum absolute atomic E-state index is 0.827. The molecule has 0 amide bonds. The Kier molecular flexibility index (Phi) is 4.42. The molecule has 1 unspecified atom stereocenters. The van der Waals surface area contributed by atoms with Gasteiger partial charge in [-0.1, -0.05) is 0 Å². The fourth-order valence-corrected chi connectivity index (χ4v) is 2.36. The van der Waals surface area contributed by atoms with Crippen LogP contribution in [0.4, 0.5) is 0 Å². The second-order valence-electron chi connectivity index (χ2n) is 5.09. The van der Waals surface area contributed by atoms with E-state index in [4.69, 9.17) is 4.74 Å². The largest absolute Gasteiger partial charge is 0.366 e. The number of piperidine rings is 1. The topological polar surface area (TPSA) is 24.5 Å². The molecule has 3 nitrogen and oxygen atoms in total. The van der Waals surface area contributed by atoms with Crippen LogP contribution < -0.4 is 5.32 Å². The predicted molar refractivity (Wildman–Crippen MR) is 61.8 cm³/mol. The summed E-state index contributed by atoms with van der Waals surface area (Å²) in [5.41, 5.74) is 0. The average Bonchev–Trinajstić information content (AvgIpc) is 3.03. The van der Waals surface area contributed by atoms with Crippen LogP contribution in [0.15, 0.2) is 0 Å². The summed E-state index contributed by atoms with van der Waals surface area (Å²) in [5.74, 6) is 1.72. The van der Waals surface area contributed by atoms with Gasteiger partial charge in [-0.25, -0.2) is 0 Å². The molecule has 1 aliphatic heterocycles. The highest BCUT2D eigenvalue weighted by Crippen LogP contribution is 2.28. The van der Waals surface area contributed by atoms with Gasteiger partial charge < -0.3 is 10.1 Å². The van der Waals surface area contributed by atoms with Gasteiger partial charge in [0.15, 0.2) is 0 Å². The highest BCUT2D eigenvalue weighted by Gasteiger charge is 2.23. The van der Waals surface area contributed by atoms with E-state index in [0.29, 0.717) is 0 Å². The lowest BCUT2D eigenvalue weighted by molar-refractivity contribution is 0.00261. The van der Waals surface area contributed by atoms with E-state index >= 15 is 0 Å². The summed E-state index contributed by atoms with van der Waals surface area (Å²) in [7, 11) is 2.04. The molecule has 15 heavy (non-hydrogen) atoms. The maximum atomic E-state index is 5.73. The summed E-state index contributed by atoms with van der Waals surface area (Å²) in [6, 6.07) is 0. The minimum atomic E-state index is 0.827. The molecule has 0 radical (unpaired) electrons. The lowest BCUT2D eigenvalue weighted by Crippen LogP contribution is -2.40. The fourth-order valence-electron chi connectivity index (χ4n) is 2.36. The first-order valence-electron chi connectivity index (χ1n) is 6.33. The predicted octanol–water partition coefficient (Wildman–Crippen LogP) is 1.30. The summed E-state index contributed by atoms with van der Waals surface area (Å²) >= 11 is 0. The van der Waals surface area contributed by atoms with Gasteiger partial charge in [-0.2, -0.15) is 0 Å². The third kappa shape index (κ3) is 4.09. The van der Waals surface area contributed by atoms with Crippen molar-refractivity contribution in [2.45, 2.75) is 25.7 Å². The van der Waals surface area contributed by atoms with Gasteiger partial charge in [-0.15, -0.1) is 0 Å². The van der Waals surface area contributed by atoms with Crippen molar-refractivity contribution in [2.75, 3.05) is 40.0 Å². The standard InChI is InChI=1S/C12H24N2O/c1-13-7-12-3-2-6-14(8-12)10-15-9-11-4-5-11/h11-13H,2-10H2,1H3. The molecule has 0 bridgehead atoms. The van der Waals surface area contributed by atoms with E-state index in [1.54, 1.807) is 0 Å². The maximum absolute atomic E-state index is 5.73. The van der Waals surface area contributed by atoms with E-state index in [1.165, 1.54) is 38.8 Å². The molecule has 2 aliphatic rings. The molecule has 1 N–H and O–H groups in total. The van der Waals surface area contributed by atoms with Gasteiger partial charge >= 0.3 is 0 Å². The minimum Gasteiger partial charge on any atom is -0.366 e. The Labute approximate surface area is 93.2 Å². The van der Waals surface area contributed by atoms with Gasteiger partial charge in [0.2, 0.25) is 0 Å². The van der Waals surface area contributed by atoms with E-state index in [0.717, 1.165) is 31.7 Å². The van der Waals surface area contributed by atoms with Gasteiger partial charge in [-0.3, -0.25) is 4.90 Å². The van der Waals surface area contributed by atoms with E-state index in [1.807, 2.05) is 7.05 Å². The van der Waals surface area contributed by atoms with Crippen molar-refractivity contribution in [2.24, 2.45) is 11.8 Å². The second-order valence-corrected chi connectivity index (χ2v) is 5.09. The molecule has 1 aliphatic carbocycles. The number of hydrogen-bond acceptors (Lipinski definition) is 3. The molecule has 0 spiro atoms. The van der Waals surface area contributed by atoms with Crippen LogP contribution >= 0.6 is 0 Å². The lowest BCUT2D eigenvalue weighted by Gasteiger charge is -2.32. The molecular weight excluding hydrogens is 188 g/mol. The SMILES string of the molecule is CNCC1CCCN(COCC2CC2)C1. The molecule has 0 aromatic rings. The van der Waals surface area contributed by atoms with E-state index in [9.17, 15) is 0 Å². The number of likely N-dealkylation sites (tertiary alicyclic amines) is 1. The Morgan fingerprint density at radius 2 is 2.13 bits per heavy atom. The zero-order valence-electron chi connectivity index (χ0n) is 9.87. The number of ether oxygens (including phenoxy) is 1. The van der Waals surface area contributed by atoms with Gasteiger partial charge in [0.1, 0.15) is 0 Å². The zero-order chi connectivity index (χ0) is 10.5. The molecule has 3 heteroatoms. The number of hydrogen-bond donors (Lipinski definition) is 1. The molecule has 88 valence electrons. The average molecular weight is 212 g/mol. The number of nitrogens with one attached hydrogen (secondary N) is 1. The van der Waals surface area contributed by atoms with Crippen molar-refractivity contribution < 1.29 is 4.74 Å². The van der Waals surface area contributed by atoms with Crippen molar-refractivity contribution in [1.82, 2.24) is 10.2 Å². The van der Waals surface area contributed by atoms with Crippen LogP contribution in [0.2, 0.25) is 0 Å². The summed E-state index contributed by atoms with van der Waals surface area (Å²) in [6.07, 6.45) is 5.49. The molecule has 2 rings (SSSR count). The number of nitrogens with zero attached hydrogens (tertiary/aromatic N) is 1. The third-order valence-corrected chi connectivity index (χ3v) is 3.42. The first-order chi connectivity index (χ1) is 7.38. The molecule has 1 atom stereocenters. The normalized spacial score (nSPS) is 28.2. The van der Waals surface area contributed by atoms with Crippen LogP contribution in [0.1, 0.15) is 25.7 Å². The summed E-state index contributed by atoms with van der Waals surface area (Å²) < 4.78 is 5.73. The van der Waals surface area contributed by atoms with Gasteiger partial charge in [-0.05, 0) is 51.1 Å². The van der Waals surface area contributed by atoms with Gasteiger partial charge in [0.05, 0.1) is 13.3 Å². The van der Waals surface area contributed by atoms with Crippen LogP contribution in [0.3, 0.4) is 0 Å². The quantitative estimate of drug-likeness (QED) is 0.718. The van der Waals surface area contributed by atoms with Crippen LogP contribution in [-0.2, 0) is 4.74 Å². The third-order valence-electron chi connectivity index (χ3n) is 3.42. The zero-order valence-corrected chi connectivity index (χ0v) is 9.87. The Hall–Kier alpha value is -0.120. The van der Waals surface area contributed by atoms with E-state index < -0.39 is 0 Å². The van der Waals surface area contributed by atoms with Gasteiger partial charge in [0, 0.05) is 13.1 Å². The number of rotatable bonds is 6. The maximum Gasteiger partial charge on any atom is 0.0990 e. The highest BCUT2D eigenvalue weighted by molar-refractivity contribution is 4.74. The first-order valence-corrected chi connectivity index (χ1v) is 6.33. The molecule has 1 saturated carbocycles. The van der Waals surface area contributed by atoms with Crippen LogP contribution in [-0.4, -0.2) is 44.9 Å². The fraction of sp³-hybridized carbons (Fsp3) is 1.00. The van der Waals surface area contributed by atoms with Crippen molar-refractivity contribution >= 4 is 0 Å². The molecule has 0 aromatic heterocycles. The Balaban J connectivity index is 1.58. The monoisotopic (exact) mass is 212 g/mol. The molecule has 2 fully saturated rings. The summed E-state index contributed by atoms with van der Waals surface area (Å²) in [4.78, 5) is 2.47. The van der Waals surface area contributed by atoms with Crippen molar-refractivity contribution in [3.8, 4) is 0 Å². The van der Waals surface area contributed by atoms with Crippen molar-refractivity contribution in [3.05, 3.63) is 0 Å². The van der Waals surface area contributed by atoms with Crippen LogP contribution in [0, 0.1) is 11.8 Å². The highest BCUT2D eigenvalue weighted by atomic mass is 16.5. The van der Waals surface area contributed by atoms with Crippen molar-refractivity contribution in [1.29, 1.82) is 0 Å². The van der Waals surface area contributed by atoms with E-state index in [2.05, 4.69) is 10.2 Å². The van der Waals surface area contributed by atoms with Crippen LogP contribution in [0.25, 0.3) is 0 Å². The molecule has 1 saturated heterocycles. The first kappa shape index (κ1) is 11.4. The molecule has 1 heterocycles. The van der Waals surface area contributed by atoms with Crippen LogP contribution in [0.5, 0.6) is 0 Å². The van der Waals surface area contributed by atoms with Gasteiger partial charge in [0.25, 0.3) is 0 Å². The molecule has 0 aromatic carbocycles. The smallest absolute Gasteiger partial charge is 0.0990 e. The summed E-state index contributed by atoms with van der Waals surface area (Å²) in [5, 5.41) is 3.27. The second kappa shape index (κ2) is 5.83. The Morgan fingerprint density at radius 1 is 1.27 bits per heavy atom.